The van der Waals surface area contributed by atoms with Crippen molar-refractivity contribution >= 4 is 16.9 Å². The number of carbonyl (C=O) groups is 1. The lowest BCUT2D eigenvalue weighted by Crippen LogP contribution is -2.54. The van der Waals surface area contributed by atoms with Crippen LogP contribution < -0.4 is 5.32 Å². The summed E-state index contributed by atoms with van der Waals surface area (Å²) in [4.78, 5) is 20.2. The smallest absolute Gasteiger partial charge is 0.243 e. The van der Waals surface area contributed by atoms with Gasteiger partial charge in [-0.3, -0.25) is 14.7 Å². The fourth-order valence-corrected chi connectivity index (χ4v) is 3.39. The summed E-state index contributed by atoms with van der Waals surface area (Å²) in [5.41, 5.74) is 2.49. The molecule has 2 aromatic heterocycles. The van der Waals surface area contributed by atoms with Gasteiger partial charge in [-0.25, -0.2) is 0 Å². The van der Waals surface area contributed by atoms with Crippen molar-refractivity contribution in [2.45, 2.75) is 31.7 Å². The molecule has 1 fully saturated rings. The Balaban J connectivity index is 1.30. The Labute approximate surface area is 156 Å². The van der Waals surface area contributed by atoms with Crippen LogP contribution in [0.1, 0.15) is 12.1 Å². The molecule has 1 aromatic carbocycles. The standard InChI is InChI=1S/C19H22N6O2/c26-18-12-24(11-14-5-3-4-9-20-14)10-8-17(18)21-19(27)13-25-22-15-6-1-2-7-16(15)23-25/h1-7,9,17-18,26H,8,10-13H2,(H,21,27)/t17-,18-/m1/s1. The zero-order valence-corrected chi connectivity index (χ0v) is 14.9. The molecule has 8 heteroatoms. The second-order valence-corrected chi connectivity index (χ2v) is 6.81. The molecule has 0 unspecified atom stereocenters. The first kappa shape index (κ1) is 17.6. The van der Waals surface area contributed by atoms with Crippen LogP contribution in [0.5, 0.6) is 0 Å². The van der Waals surface area contributed by atoms with Crippen LogP contribution in [0.2, 0.25) is 0 Å². The van der Waals surface area contributed by atoms with E-state index in [0.29, 0.717) is 19.5 Å². The number of fused-ring (bicyclic) bond motifs is 1. The SMILES string of the molecule is O=C(Cn1nc2ccccc2n1)N[C@@H]1CCN(Cc2ccccn2)C[C@H]1O. The number of pyridine rings is 1. The monoisotopic (exact) mass is 366 g/mol. The first-order valence-electron chi connectivity index (χ1n) is 9.07. The summed E-state index contributed by atoms with van der Waals surface area (Å²) in [5, 5.41) is 21.9. The van der Waals surface area contributed by atoms with E-state index in [1.165, 1.54) is 4.80 Å². The van der Waals surface area contributed by atoms with Gasteiger partial charge in [-0.2, -0.15) is 15.0 Å². The van der Waals surface area contributed by atoms with Crippen molar-refractivity contribution in [2.24, 2.45) is 0 Å². The van der Waals surface area contributed by atoms with Gasteiger partial charge >= 0.3 is 0 Å². The number of hydrogen-bond donors (Lipinski definition) is 2. The van der Waals surface area contributed by atoms with Crippen molar-refractivity contribution in [1.29, 1.82) is 0 Å². The van der Waals surface area contributed by atoms with Crippen LogP contribution in [0.25, 0.3) is 11.0 Å². The van der Waals surface area contributed by atoms with E-state index in [1.54, 1.807) is 6.20 Å². The summed E-state index contributed by atoms with van der Waals surface area (Å²) in [6.07, 6.45) is 1.84. The van der Waals surface area contributed by atoms with Gasteiger partial charge in [0.2, 0.25) is 5.91 Å². The van der Waals surface area contributed by atoms with Gasteiger partial charge in [0.15, 0.2) is 0 Å². The number of piperidine rings is 1. The number of aliphatic hydroxyl groups excluding tert-OH is 1. The van der Waals surface area contributed by atoms with Crippen molar-refractivity contribution in [2.75, 3.05) is 13.1 Å². The third-order valence-corrected chi connectivity index (χ3v) is 4.74. The molecular weight excluding hydrogens is 344 g/mol. The number of aliphatic hydroxyl groups is 1. The van der Waals surface area contributed by atoms with Crippen molar-refractivity contribution in [3.8, 4) is 0 Å². The number of carbonyl (C=O) groups excluding carboxylic acids is 1. The van der Waals surface area contributed by atoms with E-state index in [9.17, 15) is 9.90 Å². The largest absolute Gasteiger partial charge is 0.390 e. The predicted octanol–water partition coefficient (Wildman–Crippen LogP) is 0.578. The van der Waals surface area contributed by atoms with E-state index < -0.39 is 6.10 Å². The van der Waals surface area contributed by atoms with E-state index >= 15 is 0 Å². The van der Waals surface area contributed by atoms with E-state index in [4.69, 9.17) is 0 Å². The number of amides is 1. The number of benzene rings is 1. The molecule has 8 nitrogen and oxygen atoms in total. The Bertz CT molecular complexity index is 880. The van der Waals surface area contributed by atoms with Crippen molar-refractivity contribution < 1.29 is 9.90 Å². The normalized spacial score (nSPS) is 20.6. The Morgan fingerprint density at radius 1 is 1.15 bits per heavy atom. The Morgan fingerprint density at radius 2 is 1.89 bits per heavy atom. The molecule has 0 aliphatic carbocycles. The summed E-state index contributed by atoms with van der Waals surface area (Å²) >= 11 is 0. The lowest BCUT2D eigenvalue weighted by atomic mass is 10.0. The third-order valence-electron chi connectivity index (χ3n) is 4.74. The predicted molar refractivity (Wildman–Crippen MR) is 99.6 cm³/mol. The van der Waals surface area contributed by atoms with Gasteiger partial charge in [0.1, 0.15) is 17.6 Å². The number of likely N-dealkylation sites (tertiary alicyclic amines) is 1. The van der Waals surface area contributed by atoms with Crippen LogP contribution in [0.4, 0.5) is 0 Å². The van der Waals surface area contributed by atoms with Gasteiger partial charge in [0.05, 0.1) is 17.8 Å². The molecule has 0 saturated carbocycles. The van der Waals surface area contributed by atoms with Gasteiger partial charge in [-0.1, -0.05) is 18.2 Å². The Hall–Kier alpha value is -2.84. The highest BCUT2D eigenvalue weighted by Gasteiger charge is 2.29. The number of hydrogen-bond acceptors (Lipinski definition) is 6. The van der Waals surface area contributed by atoms with Gasteiger partial charge in [0, 0.05) is 25.8 Å². The number of rotatable bonds is 5. The minimum Gasteiger partial charge on any atom is -0.390 e. The van der Waals surface area contributed by atoms with Crippen LogP contribution in [0, 0.1) is 0 Å². The fraction of sp³-hybridized carbons (Fsp3) is 0.368. The van der Waals surface area contributed by atoms with Crippen molar-refractivity contribution in [1.82, 2.24) is 30.2 Å². The molecule has 3 heterocycles. The van der Waals surface area contributed by atoms with Crippen LogP contribution in [0.15, 0.2) is 48.7 Å². The molecule has 0 bridgehead atoms. The van der Waals surface area contributed by atoms with Crippen LogP contribution >= 0.6 is 0 Å². The first-order chi connectivity index (χ1) is 13.2. The molecule has 1 amide bonds. The lowest BCUT2D eigenvalue weighted by molar-refractivity contribution is -0.124. The van der Waals surface area contributed by atoms with E-state index in [2.05, 4.69) is 25.4 Å². The quantitative estimate of drug-likeness (QED) is 0.686. The molecule has 4 rings (SSSR count). The highest BCUT2D eigenvalue weighted by molar-refractivity contribution is 5.77. The van der Waals surface area contributed by atoms with Gasteiger partial charge in [-0.15, -0.1) is 0 Å². The molecule has 1 aliphatic rings. The Morgan fingerprint density at radius 3 is 2.56 bits per heavy atom. The number of aromatic nitrogens is 4. The maximum Gasteiger partial charge on any atom is 0.243 e. The highest BCUT2D eigenvalue weighted by Crippen LogP contribution is 2.14. The Kier molecular flexibility index (Phi) is 5.08. The number of β-amino-alcohol motifs (C(OH)–C–C–N with tert-alkyl or cyclic N) is 1. The summed E-state index contributed by atoms with van der Waals surface area (Å²) in [6.45, 7) is 2.03. The van der Waals surface area contributed by atoms with Crippen LogP contribution in [-0.2, 0) is 17.9 Å². The average Bonchev–Trinajstić information content (AvgIpc) is 3.07. The van der Waals surface area contributed by atoms with E-state index in [-0.39, 0.29) is 18.5 Å². The molecule has 27 heavy (non-hydrogen) atoms. The van der Waals surface area contributed by atoms with E-state index in [1.807, 2.05) is 42.5 Å². The van der Waals surface area contributed by atoms with Gasteiger partial charge in [0.25, 0.3) is 0 Å². The molecule has 0 radical (unpaired) electrons. The fourth-order valence-electron chi connectivity index (χ4n) is 3.39. The average molecular weight is 366 g/mol. The topological polar surface area (TPSA) is 96.2 Å². The zero-order valence-electron chi connectivity index (χ0n) is 14.9. The van der Waals surface area contributed by atoms with E-state index in [0.717, 1.165) is 23.3 Å². The maximum absolute atomic E-state index is 12.3. The van der Waals surface area contributed by atoms with Crippen LogP contribution in [0.3, 0.4) is 0 Å². The van der Waals surface area contributed by atoms with Crippen molar-refractivity contribution in [3.63, 3.8) is 0 Å². The third kappa shape index (κ3) is 4.29. The minimum absolute atomic E-state index is 0.0373. The zero-order chi connectivity index (χ0) is 18.6. The first-order valence-corrected chi connectivity index (χ1v) is 9.07. The summed E-state index contributed by atoms with van der Waals surface area (Å²) in [7, 11) is 0. The molecule has 3 aromatic rings. The lowest BCUT2D eigenvalue weighted by Gasteiger charge is -2.36. The maximum atomic E-state index is 12.3. The number of nitrogens with one attached hydrogen (secondary N) is 1. The molecular formula is C19H22N6O2. The molecule has 140 valence electrons. The highest BCUT2D eigenvalue weighted by atomic mass is 16.3. The van der Waals surface area contributed by atoms with Crippen LogP contribution in [-0.4, -0.2) is 61.1 Å². The molecule has 2 atom stereocenters. The summed E-state index contributed by atoms with van der Waals surface area (Å²) in [6, 6.07) is 13.0. The van der Waals surface area contributed by atoms with Crippen molar-refractivity contribution in [3.05, 3.63) is 54.4 Å². The second kappa shape index (κ2) is 7.81. The second-order valence-electron chi connectivity index (χ2n) is 6.81. The summed E-state index contributed by atoms with van der Waals surface area (Å²) in [5.74, 6) is -0.197. The molecule has 2 N–H and O–H groups in total. The minimum atomic E-state index is -0.615. The summed E-state index contributed by atoms with van der Waals surface area (Å²) < 4.78 is 0. The molecule has 0 spiro atoms. The van der Waals surface area contributed by atoms with Gasteiger partial charge < -0.3 is 10.4 Å². The van der Waals surface area contributed by atoms with Gasteiger partial charge in [-0.05, 0) is 30.7 Å². The molecule has 1 saturated heterocycles. The molecule has 1 aliphatic heterocycles. The number of nitrogens with zero attached hydrogens (tertiary/aromatic N) is 5.